The van der Waals surface area contributed by atoms with Crippen molar-refractivity contribution in [2.45, 2.75) is 13.5 Å². The molecule has 0 radical (unpaired) electrons. The van der Waals surface area contributed by atoms with E-state index in [1.165, 1.54) is 16.8 Å². The van der Waals surface area contributed by atoms with Crippen LogP contribution in [0, 0.1) is 6.92 Å². The van der Waals surface area contributed by atoms with Gasteiger partial charge in [0.25, 0.3) is 0 Å². The van der Waals surface area contributed by atoms with E-state index >= 15 is 0 Å². The Bertz CT molecular complexity index is 694. The normalized spacial score (nSPS) is 17.5. The van der Waals surface area contributed by atoms with Gasteiger partial charge in [0.1, 0.15) is 0 Å². The van der Waals surface area contributed by atoms with E-state index in [1.807, 2.05) is 12.1 Å². The van der Waals surface area contributed by atoms with Gasteiger partial charge in [-0.2, -0.15) is 0 Å². The molecule has 4 heteroatoms. The third-order valence-corrected chi connectivity index (χ3v) is 4.61. The summed E-state index contributed by atoms with van der Waals surface area (Å²) in [5, 5.41) is 0. The molecule has 1 saturated heterocycles. The zero-order valence-corrected chi connectivity index (χ0v) is 13.5. The Morgan fingerprint density at radius 2 is 1.78 bits per heavy atom. The summed E-state index contributed by atoms with van der Waals surface area (Å²) < 4.78 is 11.1. The highest BCUT2D eigenvalue weighted by atomic mass is 16.7. The lowest BCUT2D eigenvalue weighted by molar-refractivity contribution is 0.171. The monoisotopic (exact) mass is 310 g/mol. The van der Waals surface area contributed by atoms with Crippen LogP contribution in [0.3, 0.4) is 0 Å². The maximum absolute atomic E-state index is 5.62. The van der Waals surface area contributed by atoms with Gasteiger partial charge in [0, 0.05) is 44.0 Å². The number of aryl methyl sites for hydroxylation is 1. The fourth-order valence-electron chi connectivity index (χ4n) is 3.34. The molecule has 4 rings (SSSR count). The maximum Gasteiger partial charge on any atom is 0.231 e. The Balaban J connectivity index is 1.40. The zero-order chi connectivity index (χ0) is 15.6. The molecule has 0 amide bonds. The van der Waals surface area contributed by atoms with E-state index in [0.29, 0.717) is 6.79 Å². The van der Waals surface area contributed by atoms with Crippen LogP contribution < -0.4 is 14.4 Å². The first-order valence-electron chi connectivity index (χ1n) is 8.21. The molecule has 0 spiro atoms. The first-order chi connectivity index (χ1) is 11.3. The summed E-state index contributed by atoms with van der Waals surface area (Å²) in [6, 6.07) is 14.9. The molecule has 0 aliphatic carbocycles. The first kappa shape index (κ1) is 14.4. The van der Waals surface area contributed by atoms with E-state index in [1.54, 1.807) is 0 Å². The van der Waals surface area contributed by atoms with E-state index in [9.17, 15) is 0 Å². The van der Waals surface area contributed by atoms with Crippen LogP contribution in [0.25, 0.3) is 0 Å². The summed E-state index contributed by atoms with van der Waals surface area (Å²) in [5.74, 6) is 1.80. The second kappa shape index (κ2) is 6.13. The minimum atomic E-state index is 0.341. The number of anilines is 1. The number of ether oxygens (including phenoxy) is 2. The van der Waals surface area contributed by atoms with Crippen LogP contribution in [0.2, 0.25) is 0 Å². The molecular formula is C19H22N2O2. The first-order valence-corrected chi connectivity index (χ1v) is 8.21. The molecule has 0 N–H and O–H groups in total. The number of hydrogen-bond acceptors (Lipinski definition) is 4. The van der Waals surface area contributed by atoms with Gasteiger partial charge in [-0.05, 0) is 30.7 Å². The lowest BCUT2D eigenvalue weighted by atomic mass is 10.1. The minimum Gasteiger partial charge on any atom is -0.454 e. The molecule has 1 fully saturated rings. The van der Waals surface area contributed by atoms with Crippen molar-refractivity contribution >= 4 is 5.69 Å². The zero-order valence-electron chi connectivity index (χ0n) is 13.5. The molecule has 23 heavy (non-hydrogen) atoms. The molecule has 2 aliphatic heterocycles. The molecule has 2 aromatic rings. The van der Waals surface area contributed by atoms with E-state index in [0.717, 1.165) is 44.2 Å². The predicted molar refractivity (Wildman–Crippen MR) is 91.2 cm³/mol. The molecule has 0 atom stereocenters. The topological polar surface area (TPSA) is 24.9 Å². The largest absolute Gasteiger partial charge is 0.454 e. The van der Waals surface area contributed by atoms with Crippen molar-refractivity contribution in [3.05, 3.63) is 53.6 Å². The Hall–Kier alpha value is -2.20. The number of benzene rings is 2. The predicted octanol–water partition coefficient (Wildman–Crippen LogP) is 3.05. The average molecular weight is 310 g/mol. The SMILES string of the molecule is Cc1cccc(N2CCN(Cc3cccc4c3OCO4)CC2)c1. The van der Waals surface area contributed by atoms with Crippen LogP contribution in [0.4, 0.5) is 5.69 Å². The minimum absolute atomic E-state index is 0.341. The molecule has 120 valence electrons. The quantitative estimate of drug-likeness (QED) is 0.870. The second-order valence-corrected chi connectivity index (χ2v) is 6.25. The average Bonchev–Trinajstić information content (AvgIpc) is 3.05. The summed E-state index contributed by atoms with van der Waals surface area (Å²) >= 11 is 0. The van der Waals surface area contributed by atoms with Gasteiger partial charge >= 0.3 is 0 Å². The Labute approximate surface area is 137 Å². The Kier molecular flexibility index (Phi) is 3.83. The van der Waals surface area contributed by atoms with Gasteiger partial charge in [-0.15, -0.1) is 0 Å². The molecule has 2 aromatic carbocycles. The van der Waals surface area contributed by atoms with E-state index in [2.05, 4.69) is 47.1 Å². The van der Waals surface area contributed by atoms with Crippen molar-refractivity contribution < 1.29 is 9.47 Å². The number of nitrogens with zero attached hydrogens (tertiary/aromatic N) is 2. The van der Waals surface area contributed by atoms with Crippen molar-refractivity contribution in [1.29, 1.82) is 0 Å². The molecule has 2 aliphatic rings. The van der Waals surface area contributed by atoms with Crippen molar-refractivity contribution in [3.63, 3.8) is 0 Å². The van der Waals surface area contributed by atoms with Crippen LogP contribution in [0.5, 0.6) is 11.5 Å². The van der Waals surface area contributed by atoms with Crippen LogP contribution in [-0.2, 0) is 6.54 Å². The Morgan fingerprint density at radius 1 is 0.957 bits per heavy atom. The summed E-state index contributed by atoms with van der Waals surface area (Å²) in [4.78, 5) is 4.96. The van der Waals surface area contributed by atoms with Gasteiger partial charge in [0.15, 0.2) is 11.5 Å². The van der Waals surface area contributed by atoms with E-state index < -0.39 is 0 Å². The van der Waals surface area contributed by atoms with Crippen LogP contribution >= 0.6 is 0 Å². The number of para-hydroxylation sites is 1. The Morgan fingerprint density at radius 3 is 2.61 bits per heavy atom. The molecular weight excluding hydrogens is 288 g/mol. The highest BCUT2D eigenvalue weighted by molar-refractivity contribution is 5.49. The van der Waals surface area contributed by atoms with Crippen molar-refractivity contribution in [2.75, 3.05) is 37.9 Å². The van der Waals surface area contributed by atoms with Crippen molar-refractivity contribution in [1.82, 2.24) is 4.90 Å². The summed E-state index contributed by atoms with van der Waals surface area (Å²) in [7, 11) is 0. The van der Waals surface area contributed by atoms with E-state index in [4.69, 9.17) is 9.47 Å². The molecule has 0 saturated carbocycles. The second-order valence-electron chi connectivity index (χ2n) is 6.25. The van der Waals surface area contributed by atoms with Crippen LogP contribution in [0.1, 0.15) is 11.1 Å². The van der Waals surface area contributed by atoms with Gasteiger partial charge in [0.2, 0.25) is 6.79 Å². The highest BCUT2D eigenvalue weighted by Gasteiger charge is 2.22. The van der Waals surface area contributed by atoms with Crippen molar-refractivity contribution in [2.24, 2.45) is 0 Å². The van der Waals surface area contributed by atoms with Gasteiger partial charge in [-0.3, -0.25) is 4.90 Å². The van der Waals surface area contributed by atoms with Gasteiger partial charge in [0.05, 0.1) is 0 Å². The van der Waals surface area contributed by atoms with Crippen LogP contribution in [-0.4, -0.2) is 37.9 Å². The van der Waals surface area contributed by atoms with Crippen molar-refractivity contribution in [3.8, 4) is 11.5 Å². The third-order valence-electron chi connectivity index (χ3n) is 4.61. The fraction of sp³-hybridized carbons (Fsp3) is 0.368. The third kappa shape index (κ3) is 2.99. The maximum atomic E-state index is 5.62. The fourth-order valence-corrected chi connectivity index (χ4v) is 3.34. The summed E-state index contributed by atoms with van der Waals surface area (Å²) in [6.07, 6.45) is 0. The number of hydrogen-bond donors (Lipinski definition) is 0. The highest BCUT2D eigenvalue weighted by Crippen LogP contribution is 2.36. The standard InChI is InChI=1S/C19H22N2O2/c1-15-4-2-6-17(12-15)21-10-8-20(9-11-21)13-16-5-3-7-18-19(16)23-14-22-18/h2-7,12H,8-11,13-14H2,1H3. The van der Waals surface area contributed by atoms with Gasteiger partial charge in [-0.25, -0.2) is 0 Å². The summed E-state index contributed by atoms with van der Waals surface area (Å²) in [5.41, 5.74) is 3.88. The van der Waals surface area contributed by atoms with Crippen LogP contribution in [0.15, 0.2) is 42.5 Å². The molecule has 0 bridgehead atoms. The number of rotatable bonds is 3. The number of piperazine rings is 1. The lowest BCUT2D eigenvalue weighted by Crippen LogP contribution is -2.46. The van der Waals surface area contributed by atoms with E-state index in [-0.39, 0.29) is 0 Å². The number of fused-ring (bicyclic) bond motifs is 1. The molecule has 4 nitrogen and oxygen atoms in total. The molecule has 0 aromatic heterocycles. The smallest absolute Gasteiger partial charge is 0.231 e. The summed E-state index contributed by atoms with van der Waals surface area (Å²) in [6.45, 7) is 7.68. The van der Waals surface area contributed by atoms with Gasteiger partial charge < -0.3 is 14.4 Å². The molecule has 2 heterocycles. The van der Waals surface area contributed by atoms with Gasteiger partial charge in [-0.1, -0.05) is 24.3 Å². The lowest BCUT2D eigenvalue weighted by Gasteiger charge is -2.36. The molecule has 0 unspecified atom stereocenters.